The standard InChI is InChI=1S/C16H13BrFNO3/c1-2-22-16(21)10-4-3-5-12(8-10)19-15(20)13-7-6-11(18)9-14(13)17/h3-9H,2H2,1H3,(H,19,20). The van der Waals surface area contributed by atoms with Gasteiger partial charge in [0, 0.05) is 10.2 Å². The molecule has 114 valence electrons. The summed E-state index contributed by atoms with van der Waals surface area (Å²) in [4.78, 5) is 23.8. The Hall–Kier alpha value is -2.21. The van der Waals surface area contributed by atoms with Crippen molar-refractivity contribution in [1.29, 1.82) is 0 Å². The van der Waals surface area contributed by atoms with E-state index >= 15 is 0 Å². The Morgan fingerprint density at radius 2 is 2.00 bits per heavy atom. The molecule has 0 fully saturated rings. The van der Waals surface area contributed by atoms with Gasteiger partial charge in [0.1, 0.15) is 5.82 Å². The normalized spacial score (nSPS) is 10.1. The molecule has 0 aliphatic rings. The van der Waals surface area contributed by atoms with Crippen LogP contribution in [0.15, 0.2) is 46.9 Å². The molecule has 0 aliphatic heterocycles. The molecule has 0 saturated heterocycles. The Morgan fingerprint density at radius 1 is 1.23 bits per heavy atom. The predicted octanol–water partition coefficient (Wildman–Crippen LogP) is 4.02. The predicted molar refractivity (Wildman–Crippen MR) is 84.5 cm³/mol. The van der Waals surface area contributed by atoms with Crippen molar-refractivity contribution in [3.8, 4) is 0 Å². The molecule has 2 aromatic carbocycles. The van der Waals surface area contributed by atoms with Crippen molar-refractivity contribution in [3.63, 3.8) is 0 Å². The fourth-order valence-electron chi connectivity index (χ4n) is 1.81. The molecule has 0 saturated carbocycles. The molecule has 0 radical (unpaired) electrons. The summed E-state index contributed by atoms with van der Waals surface area (Å²) >= 11 is 3.14. The molecule has 0 atom stereocenters. The quantitative estimate of drug-likeness (QED) is 0.832. The van der Waals surface area contributed by atoms with Crippen molar-refractivity contribution >= 4 is 33.5 Å². The van der Waals surface area contributed by atoms with E-state index in [-0.39, 0.29) is 6.61 Å². The Kier molecular flexibility index (Phi) is 5.27. The lowest BCUT2D eigenvalue weighted by Gasteiger charge is -2.08. The van der Waals surface area contributed by atoms with Gasteiger partial charge in [-0.1, -0.05) is 6.07 Å². The van der Waals surface area contributed by atoms with E-state index in [4.69, 9.17) is 4.74 Å². The molecule has 0 heterocycles. The van der Waals surface area contributed by atoms with E-state index in [0.29, 0.717) is 21.3 Å². The van der Waals surface area contributed by atoms with E-state index < -0.39 is 17.7 Å². The van der Waals surface area contributed by atoms with Gasteiger partial charge < -0.3 is 10.1 Å². The van der Waals surface area contributed by atoms with Crippen molar-refractivity contribution in [2.45, 2.75) is 6.92 Å². The zero-order valence-electron chi connectivity index (χ0n) is 11.7. The summed E-state index contributed by atoms with van der Waals surface area (Å²) in [6, 6.07) is 10.2. The van der Waals surface area contributed by atoms with Gasteiger partial charge in [-0.25, -0.2) is 9.18 Å². The largest absolute Gasteiger partial charge is 0.462 e. The number of esters is 1. The van der Waals surface area contributed by atoms with Crippen molar-refractivity contribution in [3.05, 3.63) is 63.9 Å². The number of amides is 1. The number of ether oxygens (including phenoxy) is 1. The molecular formula is C16H13BrFNO3. The zero-order valence-corrected chi connectivity index (χ0v) is 13.3. The van der Waals surface area contributed by atoms with E-state index in [0.717, 1.165) is 0 Å². The molecule has 1 amide bonds. The van der Waals surface area contributed by atoms with Gasteiger partial charge in [-0.2, -0.15) is 0 Å². The zero-order chi connectivity index (χ0) is 16.1. The first-order valence-corrected chi connectivity index (χ1v) is 7.34. The monoisotopic (exact) mass is 365 g/mol. The van der Waals surface area contributed by atoms with Crippen LogP contribution in [0, 0.1) is 5.82 Å². The van der Waals surface area contributed by atoms with Crippen LogP contribution in [0.4, 0.5) is 10.1 Å². The maximum atomic E-state index is 13.0. The Bertz CT molecular complexity index is 718. The van der Waals surface area contributed by atoms with Crippen LogP contribution in [0.3, 0.4) is 0 Å². The van der Waals surface area contributed by atoms with Crippen LogP contribution in [0.2, 0.25) is 0 Å². The lowest BCUT2D eigenvalue weighted by atomic mass is 10.1. The molecule has 2 rings (SSSR count). The van der Waals surface area contributed by atoms with Crippen molar-refractivity contribution < 1.29 is 18.7 Å². The first kappa shape index (κ1) is 16.2. The molecule has 6 heteroatoms. The highest BCUT2D eigenvalue weighted by molar-refractivity contribution is 9.10. The number of anilines is 1. The minimum absolute atomic E-state index is 0.276. The molecule has 22 heavy (non-hydrogen) atoms. The fraction of sp³-hybridized carbons (Fsp3) is 0.125. The van der Waals surface area contributed by atoms with Gasteiger partial charge in [0.25, 0.3) is 5.91 Å². The number of halogens is 2. The van der Waals surface area contributed by atoms with E-state index in [1.807, 2.05) is 0 Å². The van der Waals surface area contributed by atoms with Crippen LogP contribution in [0.25, 0.3) is 0 Å². The van der Waals surface area contributed by atoms with E-state index in [1.165, 1.54) is 24.3 Å². The second kappa shape index (κ2) is 7.17. The fourth-order valence-corrected chi connectivity index (χ4v) is 2.34. The van der Waals surface area contributed by atoms with Crippen LogP contribution in [-0.4, -0.2) is 18.5 Å². The third-order valence-corrected chi connectivity index (χ3v) is 3.46. The first-order chi connectivity index (χ1) is 10.5. The van der Waals surface area contributed by atoms with E-state index in [1.54, 1.807) is 25.1 Å². The van der Waals surface area contributed by atoms with Crippen LogP contribution < -0.4 is 5.32 Å². The van der Waals surface area contributed by atoms with Gasteiger partial charge in [-0.05, 0) is 59.3 Å². The second-order valence-corrected chi connectivity index (χ2v) is 5.23. The lowest BCUT2D eigenvalue weighted by molar-refractivity contribution is 0.0526. The van der Waals surface area contributed by atoms with E-state index in [9.17, 15) is 14.0 Å². The van der Waals surface area contributed by atoms with Gasteiger partial charge in [0.2, 0.25) is 0 Å². The van der Waals surface area contributed by atoms with Gasteiger partial charge in [0.15, 0.2) is 0 Å². The second-order valence-electron chi connectivity index (χ2n) is 4.38. The minimum atomic E-state index is -0.457. The average Bonchev–Trinajstić information content (AvgIpc) is 2.47. The highest BCUT2D eigenvalue weighted by Gasteiger charge is 2.12. The number of hydrogen-bond donors (Lipinski definition) is 1. The number of rotatable bonds is 4. The molecule has 0 unspecified atom stereocenters. The lowest BCUT2D eigenvalue weighted by Crippen LogP contribution is -2.13. The van der Waals surface area contributed by atoms with Crippen molar-refractivity contribution in [2.24, 2.45) is 0 Å². The van der Waals surface area contributed by atoms with Gasteiger partial charge >= 0.3 is 5.97 Å². The molecule has 0 spiro atoms. The van der Waals surface area contributed by atoms with Gasteiger partial charge in [0.05, 0.1) is 17.7 Å². The maximum absolute atomic E-state index is 13.0. The van der Waals surface area contributed by atoms with Gasteiger partial charge in [-0.15, -0.1) is 0 Å². The molecule has 0 bridgehead atoms. The third-order valence-electron chi connectivity index (χ3n) is 2.81. The summed E-state index contributed by atoms with van der Waals surface area (Å²) < 4.78 is 18.3. The third kappa shape index (κ3) is 3.92. The molecule has 2 aromatic rings. The molecule has 0 aliphatic carbocycles. The summed E-state index contributed by atoms with van der Waals surface area (Å²) in [5.41, 5.74) is 1.09. The smallest absolute Gasteiger partial charge is 0.338 e. The van der Waals surface area contributed by atoms with Crippen molar-refractivity contribution in [1.82, 2.24) is 0 Å². The highest BCUT2D eigenvalue weighted by Crippen LogP contribution is 2.20. The molecule has 1 N–H and O–H groups in total. The number of carbonyl (C=O) groups excluding carboxylic acids is 2. The number of carbonyl (C=O) groups is 2. The Balaban J connectivity index is 2.18. The molecular weight excluding hydrogens is 353 g/mol. The Labute approximate surface area is 135 Å². The SMILES string of the molecule is CCOC(=O)c1cccc(NC(=O)c2ccc(F)cc2Br)c1. The topological polar surface area (TPSA) is 55.4 Å². The summed E-state index contributed by atoms with van der Waals surface area (Å²) in [6.07, 6.45) is 0. The maximum Gasteiger partial charge on any atom is 0.338 e. The Morgan fingerprint density at radius 3 is 2.68 bits per heavy atom. The van der Waals surface area contributed by atoms with E-state index in [2.05, 4.69) is 21.2 Å². The van der Waals surface area contributed by atoms with Crippen LogP contribution >= 0.6 is 15.9 Å². The van der Waals surface area contributed by atoms with Crippen LogP contribution in [-0.2, 0) is 4.74 Å². The van der Waals surface area contributed by atoms with Gasteiger partial charge in [-0.3, -0.25) is 4.79 Å². The van der Waals surface area contributed by atoms with Crippen molar-refractivity contribution in [2.75, 3.05) is 11.9 Å². The number of hydrogen-bond acceptors (Lipinski definition) is 3. The number of nitrogens with one attached hydrogen (secondary N) is 1. The first-order valence-electron chi connectivity index (χ1n) is 6.55. The summed E-state index contributed by atoms with van der Waals surface area (Å²) in [5.74, 6) is -1.30. The molecule has 4 nitrogen and oxygen atoms in total. The highest BCUT2D eigenvalue weighted by atomic mass is 79.9. The summed E-state index contributed by atoms with van der Waals surface area (Å²) in [5, 5.41) is 2.66. The van der Waals surface area contributed by atoms with Crippen LogP contribution in [0.1, 0.15) is 27.6 Å². The summed E-state index contributed by atoms with van der Waals surface area (Å²) in [6.45, 7) is 1.99. The summed E-state index contributed by atoms with van der Waals surface area (Å²) in [7, 11) is 0. The average molecular weight is 366 g/mol. The number of benzene rings is 2. The minimum Gasteiger partial charge on any atom is -0.462 e. The van der Waals surface area contributed by atoms with Crippen LogP contribution in [0.5, 0.6) is 0 Å². The molecule has 0 aromatic heterocycles.